The number of fused-ring (bicyclic) bond motifs is 1. The van der Waals surface area contributed by atoms with Crippen LogP contribution in [0.4, 0.5) is 4.39 Å². The van der Waals surface area contributed by atoms with Gasteiger partial charge >= 0.3 is 5.69 Å². The smallest absolute Gasteiger partial charge is 0.339 e. The number of halogens is 3. The first kappa shape index (κ1) is 20.4. The molecule has 2 fully saturated rings. The first-order valence-corrected chi connectivity index (χ1v) is 10.7. The van der Waals surface area contributed by atoms with Crippen molar-refractivity contribution in [2.24, 2.45) is 5.41 Å². The van der Waals surface area contributed by atoms with Crippen LogP contribution in [0, 0.1) is 11.2 Å². The fourth-order valence-electron chi connectivity index (χ4n) is 4.31. The minimum Gasteiger partial charge on any atom is -0.339 e. The van der Waals surface area contributed by atoms with Crippen LogP contribution in [0.1, 0.15) is 34.5 Å². The second kappa shape index (κ2) is 7.58. The topological polar surface area (TPSA) is 95.4 Å². The molecule has 2 saturated heterocycles. The Labute approximate surface area is 186 Å². The predicted octanol–water partition coefficient (Wildman–Crippen LogP) is 2.28. The van der Waals surface area contributed by atoms with Gasteiger partial charge in [-0.3, -0.25) is 4.79 Å². The van der Waals surface area contributed by atoms with Gasteiger partial charge in [0.05, 0.1) is 5.56 Å². The van der Waals surface area contributed by atoms with Crippen LogP contribution in [-0.4, -0.2) is 56.6 Å². The van der Waals surface area contributed by atoms with E-state index in [1.807, 2.05) is 0 Å². The molecule has 0 bridgehead atoms. The molecule has 0 saturated carbocycles. The number of piperidine rings is 1. The summed E-state index contributed by atoms with van der Waals surface area (Å²) in [6, 6.07) is 4.38. The van der Waals surface area contributed by atoms with Crippen molar-refractivity contribution >= 4 is 34.8 Å². The van der Waals surface area contributed by atoms with Gasteiger partial charge in [0.25, 0.3) is 5.91 Å². The molecule has 162 valence electrons. The van der Waals surface area contributed by atoms with Crippen molar-refractivity contribution in [3.05, 3.63) is 61.6 Å². The van der Waals surface area contributed by atoms with E-state index in [2.05, 4.69) is 20.5 Å². The number of H-pyrrole nitrogens is 1. The molecular weight excluding hydrogens is 446 g/mol. The number of hydrogen-bond acceptors (Lipinski definition) is 5. The van der Waals surface area contributed by atoms with Gasteiger partial charge in [-0.2, -0.15) is 5.10 Å². The summed E-state index contributed by atoms with van der Waals surface area (Å²) in [5.41, 5.74) is 1.02. The maximum atomic E-state index is 14.5. The number of likely N-dealkylation sites (tertiary alicyclic amines) is 1. The van der Waals surface area contributed by atoms with Crippen molar-refractivity contribution in [3.63, 3.8) is 0 Å². The van der Waals surface area contributed by atoms with E-state index in [-0.39, 0.29) is 33.8 Å². The molecule has 11 heteroatoms. The number of carbonyl (C=O) groups is 1. The van der Waals surface area contributed by atoms with Crippen molar-refractivity contribution in [1.82, 2.24) is 29.8 Å². The molecular formula is C20H19Cl2FN6O2. The van der Waals surface area contributed by atoms with Gasteiger partial charge in [0.1, 0.15) is 11.5 Å². The lowest BCUT2D eigenvalue weighted by molar-refractivity contribution is 0.0411. The highest BCUT2D eigenvalue weighted by molar-refractivity contribution is 6.40. The Kier molecular flexibility index (Phi) is 4.99. The third-order valence-electron chi connectivity index (χ3n) is 6.27. The second-order valence-corrected chi connectivity index (χ2v) is 8.93. The van der Waals surface area contributed by atoms with Gasteiger partial charge in [0.2, 0.25) is 0 Å². The van der Waals surface area contributed by atoms with Gasteiger partial charge in [-0.25, -0.2) is 23.7 Å². The van der Waals surface area contributed by atoms with Crippen LogP contribution in [0.3, 0.4) is 0 Å². The van der Waals surface area contributed by atoms with Crippen molar-refractivity contribution < 1.29 is 9.18 Å². The Morgan fingerprint density at radius 3 is 2.65 bits per heavy atom. The van der Waals surface area contributed by atoms with Crippen molar-refractivity contribution in [1.29, 1.82) is 0 Å². The van der Waals surface area contributed by atoms with E-state index in [0.717, 1.165) is 30.3 Å². The van der Waals surface area contributed by atoms with Gasteiger partial charge in [0.15, 0.2) is 16.0 Å². The number of aromatic amines is 1. The molecule has 1 aromatic carbocycles. The van der Waals surface area contributed by atoms with Crippen LogP contribution in [0.2, 0.25) is 10.3 Å². The highest BCUT2D eigenvalue weighted by atomic mass is 35.5. The molecule has 2 N–H and O–H groups in total. The van der Waals surface area contributed by atoms with E-state index in [0.29, 0.717) is 29.8 Å². The average molecular weight is 465 g/mol. The molecule has 1 amide bonds. The zero-order valence-electron chi connectivity index (χ0n) is 16.4. The molecule has 0 atom stereocenters. The summed E-state index contributed by atoms with van der Waals surface area (Å²) in [6.07, 6.45) is 2.06. The van der Waals surface area contributed by atoms with E-state index in [9.17, 15) is 14.0 Å². The number of benzene rings is 1. The van der Waals surface area contributed by atoms with Crippen LogP contribution < -0.4 is 11.0 Å². The summed E-state index contributed by atoms with van der Waals surface area (Å²) in [4.78, 5) is 30.8. The fourth-order valence-corrected chi connectivity index (χ4v) is 4.68. The minimum absolute atomic E-state index is 0.0129. The predicted molar refractivity (Wildman–Crippen MR) is 113 cm³/mol. The number of nitrogens with one attached hydrogen (secondary N) is 2. The Balaban J connectivity index is 1.41. The first-order chi connectivity index (χ1) is 14.9. The van der Waals surface area contributed by atoms with E-state index in [4.69, 9.17) is 23.2 Å². The number of amides is 1. The summed E-state index contributed by atoms with van der Waals surface area (Å²) in [5, 5.41) is 9.67. The van der Waals surface area contributed by atoms with Crippen LogP contribution >= 0.6 is 23.2 Å². The third-order valence-corrected chi connectivity index (χ3v) is 6.98. The maximum absolute atomic E-state index is 14.5. The summed E-state index contributed by atoms with van der Waals surface area (Å²) in [5.74, 6) is -0.876. The average Bonchev–Trinajstić information content (AvgIpc) is 3.05. The molecule has 5 rings (SSSR count). The van der Waals surface area contributed by atoms with Crippen molar-refractivity contribution in [3.8, 4) is 0 Å². The van der Waals surface area contributed by atoms with E-state index in [1.165, 1.54) is 12.1 Å². The summed E-state index contributed by atoms with van der Waals surface area (Å²) in [7, 11) is 0. The number of imidazole rings is 1. The summed E-state index contributed by atoms with van der Waals surface area (Å²) < 4.78 is 15.7. The van der Waals surface area contributed by atoms with Gasteiger partial charge < -0.3 is 10.2 Å². The SMILES string of the molecule is O=C(c1cc(Cc2n[nH]c(=O)n3c(Cl)c(Cl)nc23)ccc1F)N1CCC2(CC1)CNC2. The van der Waals surface area contributed by atoms with Gasteiger partial charge in [-0.05, 0) is 36.0 Å². The lowest BCUT2D eigenvalue weighted by Gasteiger charge is -2.48. The van der Waals surface area contributed by atoms with Crippen LogP contribution in [-0.2, 0) is 6.42 Å². The zero-order chi connectivity index (χ0) is 21.8. The molecule has 3 aromatic rings. The van der Waals surface area contributed by atoms with Gasteiger partial charge in [-0.1, -0.05) is 29.3 Å². The van der Waals surface area contributed by atoms with Crippen LogP contribution in [0.25, 0.3) is 5.65 Å². The number of nitrogens with zero attached hydrogens (tertiary/aromatic N) is 4. The van der Waals surface area contributed by atoms with Gasteiger partial charge in [-0.15, -0.1) is 0 Å². The maximum Gasteiger partial charge on any atom is 0.348 e. The molecule has 0 radical (unpaired) electrons. The third kappa shape index (κ3) is 3.50. The number of rotatable bonds is 3. The molecule has 8 nitrogen and oxygen atoms in total. The lowest BCUT2D eigenvalue weighted by Crippen LogP contribution is -2.58. The monoisotopic (exact) mass is 464 g/mol. The number of aromatic nitrogens is 4. The van der Waals surface area contributed by atoms with Crippen molar-refractivity contribution in [2.75, 3.05) is 26.2 Å². The normalized spacial score (nSPS) is 17.8. The quantitative estimate of drug-likeness (QED) is 0.619. The number of hydrogen-bond donors (Lipinski definition) is 2. The van der Waals surface area contributed by atoms with Crippen LogP contribution in [0.15, 0.2) is 23.0 Å². The van der Waals surface area contributed by atoms with E-state index >= 15 is 0 Å². The molecule has 4 heterocycles. The van der Waals surface area contributed by atoms with Crippen molar-refractivity contribution in [2.45, 2.75) is 19.3 Å². The Morgan fingerprint density at radius 2 is 1.97 bits per heavy atom. The van der Waals surface area contributed by atoms with Gasteiger partial charge in [0, 0.05) is 32.6 Å². The molecule has 0 unspecified atom stereocenters. The molecule has 31 heavy (non-hydrogen) atoms. The fraction of sp³-hybridized carbons (Fsp3) is 0.400. The molecule has 2 aliphatic rings. The molecule has 0 aliphatic carbocycles. The molecule has 1 spiro atoms. The Hall–Kier alpha value is -2.49. The largest absolute Gasteiger partial charge is 0.348 e. The minimum atomic E-state index is -0.567. The zero-order valence-corrected chi connectivity index (χ0v) is 17.9. The Morgan fingerprint density at radius 1 is 1.23 bits per heavy atom. The highest BCUT2D eigenvalue weighted by Crippen LogP contribution is 2.35. The summed E-state index contributed by atoms with van der Waals surface area (Å²) >= 11 is 12.0. The Bertz CT molecular complexity index is 1240. The molecule has 2 aromatic heterocycles. The second-order valence-electron chi connectivity index (χ2n) is 8.21. The van der Waals surface area contributed by atoms with E-state index in [1.54, 1.807) is 11.0 Å². The van der Waals surface area contributed by atoms with Crippen LogP contribution in [0.5, 0.6) is 0 Å². The highest BCUT2D eigenvalue weighted by Gasteiger charge is 2.40. The summed E-state index contributed by atoms with van der Waals surface area (Å²) in [6.45, 7) is 3.22. The standard InChI is InChI=1S/C20H19Cl2FN6O2/c21-15-16(22)29-17(25-15)14(26-27-19(29)31)8-11-1-2-13(23)12(7-11)18(30)28-5-3-20(4-6-28)9-24-10-20/h1-2,7,24H,3-6,8-10H2,(H,27,31). The number of carbonyl (C=O) groups excluding carboxylic acids is 1. The lowest BCUT2D eigenvalue weighted by atomic mass is 9.73. The first-order valence-electron chi connectivity index (χ1n) is 9.96. The molecule has 2 aliphatic heterocycles. The van der Waals surface area contributed by atoms with E-state index < -0.39 is 11.5 Å².